The molecule has 8 nitrogen and oxygen atoms in total. The molecule has 2 heterocycles. The van der Waals surface area contributed by atoms with Gasteiger partial charge in [0.2, 0.25) is 0 Å². The molecule has 0 bridgehead atoms. The second-order valence-corrected chi connectivity index (χ2v) is 5.35. The Morgan fingerprint density at radius 3 is 1.76 bits per heavy atom. The van der Waals surface area contributed by atoms with E-state index in [1.165, 1.54) is 40.4 Å². The Balaban J connectivity index is 1.42. The topological polar surface area (TPSA) is 93.2 Å². The molecule has 134 valence electrons. The summed E-state index contributed by atoms with van der Waals surface area (Å²) in [6.07, 6.45) is 9.35. The highest BCUT2D eigenvalue weighted by atomic mass is 16.5. The first kappa shape index (κ1) is 18.6. The maximum absolute atomic E-state index is 11.3. The molecule has 0 aromatic rings. The lowest BCUT2D eigenvalue weighted by Crippen LogP contribution is -2.31. The van der Waals surface area contributed by atoms with Crippen LogP contribution in [0.25, 0.3) is 0 Å². The van der Waals surface area contributed by atoms with E-state index >= 15 is 0 Å². The van der Waals surface area contributed by atoms with Crippen molar-refractivity contribution in [3.63, 3.8) is 0 Å². The van der Waals surface area contributed by atoms with Crippen LogP contribution in [0.15, 0.2) is 36.6 Å². The van der Waals surface area contributed by atoms with Crippen LogP contribution < -0.4 is 0 Å². The van der Waals surface area contributed by atoms with E-state index in [0.29, 0.717) is 45.8 Å². The number of ether oxygens (including phenoxy) is 2. The summed E-state index contributed by atoms with van der Waals surface area (Å²) in [5.74, 6) is -1.15. The maximum Gasteiger partial charge on any atom is 0.253 e. The van der Waals surface area contributed by atoms with Crippen LogP contribution in [0.5, 0.6) is 0 Å². The average Bonchev–Trinajstić information content (AvgIpc) is 3.08. The van der Waals surface area contributed by atoms with Crippen molar-refractivity contribution in [2.45, 2.75) is 12.8 Å². The van der Waals surface area contributed by atoms with Gasteiger partial charge >= 0.3 is 0 Å². The summed E-state index contributed by atoms with van der Waals surface area (Å²) in [6.45, 7) is 1.84. The number of rotatable bonds is 11. The smallest absolute Gasteiger partial charge is 0.253 e. The zero-order chi connectivity index (χ0) is 18.1. The van der Waals surface area contributed by atoms with Crippen molar-refractivity contribution in [1.29, 1.82) is 0 Å². The molecule has 4 amide bonds. The predicted octanol–water partition coefficient (Wildman–Crippen LogP) is 0.163. The van der Waals surface area contributed by atoms with Gasteiger partial charge in [-0.25, -0.2) is 0 Å². The molecule has 2 aliphatic rings. The normalized spacial score (nSPS) is 17.0. The van der Waals surface area contributed by atoms with Gasteiger partial charge < -0.3 is 9.47 Å². The number of carbonyl (C=O) groups excluding carboxylic acids is 4. The summed E-state index contributed by atoms with van der Waals surface area (Å²) >= 11 is 0. The zero-order valence-corrected chi connectivity index (χ0v) is 13.8. The van der Waals surface area contributed by atoms with Gasteiger partial charge in [0, 0.05) is 44.0 Å². The van der Waals surface area contributed by atoms with Gasteiger partial charge in [-0.3, -0.25) is 29.0 Å². The van der Waals surface area contributed by atoms with Crippen LogP contribution in [0.4, 0.5) is 0 Å². The highest BCUT2D eigenvalue weighted by Crippen LogP contribution is 2.05. The zero-order valence-electron chi connectivity index (χ0n) is 13.8. The largest absolute Gasteiger partial charge is 0.501 e. The molecular formula is C17H20N2O6. The van der Waals surface area contributed by atoms with Crippen LogP contribution in [-0.2, 0) is 28.7 Å². The molecule has 0 aromatic carbocycles. The molecular weight excluding hydrogens is 328 g/mol. The van der Waals surface area contributed by atoms with E-state index in [1.807, 2.05) is 0 Å². The fraction of sp³-hybridized carbons (Fsp3) is 0.412. The van der Waals surface area contributed by atoms with Crippen LogP contribution in [0.1, 0.15) is 12.8 Å². The van der Waals surface area contributed by atoms with Gasteiger partial charge in [-0.15, -0.1) is 0 Å². The maximum atomic E-state index is 11.3. The van der Waals surface area contributed by atoms with E-state index in [4.69, 9.17) is 9.47 Å². The van der Waals surface area contributed by atoms with Gasteiger partial charge in [-0.1, -0.05) is 0 Å². The van der Waals surface area contributed by atoms with Crippen LogP contribution in [-0.4, -0.2) is 66.3 Å². The lowest BCUT2D eigenvalue weighted by molar-refractivity contribution is -0.138. The SMILES string of the molecule is O=C1C=CC(=O)N1CCCOC=CCOCCCN1C(=O)C=CC1=O. The number of imide groups is 2. The first-order valence-corrected chi connectivity index (χ1v) is 8.01. The van der Waals surface area contributed by atoms with Gasteiger partial charge in [0.25, 0.3) is 23.6 Å². The third-order valence-electron chi connectivity index (χ3n) is 3.52. The van der Waals surface area contributed by atoms with Crippen molar-refractivity contribution in [3.05, 3.63) is 36.6 Å². The number of nitrogens with zero attached hydrogens (tertiary/aromatic N) is 2. The molecule has 25 heavy (non-hydrogen) atoms. The average molecular weight is 348 g/mol. The fourth-order valence-electron chi connectivity index (χ4n) is 2.26. The van der Waals surface area contributed by atoms with Crippen molar-refractivity contribution >= 4 is 23.6 Å². The van der Waals surface area contributed by atoms with Gasteiger partial charge in [0.15, 0.2) is 0 Å². The minimum atomic E-state index is -0.290. The predicted molar refractivity (Wildman–Crippen MR) is 86.9 cm³/mol. The van der Waals surface area contributed by atoms with Crippen LogP contribution in [0.2, 0.25) is 0 Å². The summed E-state index contributed by atoms with van der Waals surface area (Å²) in [5.41, 5.74) is 0. The molecule has 0 aliphatic carbocycles. The molecule has 0 atom stereocenters. The summed E-state index contributed by atoms with van der Waals surface area (Å²) in [7, 11) is 0. The molecule has 0 N–H and O–H groups in total. The Morgan fingerprint density at radius 2 is 1.24 bits per heavy atom. The van der Waals surface area contributed by atoms with Gasteiger partial charge in [0.05, 0.1) is 19.5 Å². The third kappa shape index (κ3) is 5.68. The first-order chi connectivity index (χ1) is 12.1. The first-order valence-electron chi connectivity index (χ1n) is 8.01. The lowest BCUT2D eigenvalue weighted by Gasteiger charge is -2.13. The van der Waals surface area contributed by atoms with Crippen molar-refractivity contribution < 1.29 is 28.7 Å². The fourth-order valence-corrected chi connectivity index (χ4v) is 2.26. The monoisotopic (exact) mass is 348 g/mol. The molecule has 0 unspecified atom stereocenters. The second-order valence-electron chi connectivity index (χ2n) is 5.35. The van der Waals surface area contributed by atoms with Gasteiger partial charge in [0.1, 0.15) is 0 Å². The van der Waals surface area contributed by atoms with Crippen molar-refractivity contribution in [1.82, 2.24) is 9.80 Å². The lowest BCUT2D eigenvalue weighted by atomic mass is 10.4. The van der Waals surface area contributed by atoms with E-state index in [1.54, 1.807) is 6.08 Å². The molecule has 8 heteroatoms. The highest BCUT2D eigenvalue weighted by molar-refractivity contribution is 6.13. The Morgan fingerprint density at radius 1 is 0.760 bits per heavy atom. The van der Waals surface area contributed by atoms with E-state index < -0.39 is 0 Å². The van der Waals surface area contributed by atoms with Gasteiger partial charge in [-0.2, -0.15) is 0 Å². The Hall–Kier alpha value is -2.74. The van der Waals surface area contributed by atoms with Crippen LogP contribution >= 0.6 is 0 Å². The van der Waals surface area contributed by atoms with Crippen molar-refractivity contribution in [2.75, 3.05) is 32.9 Å². The number of carbonyl (C=O) groups is 4. The Bertz CT molecular complexity index is 587. The molecule has 0 saturated heterocycles. The van der Waals surface area contributed by atoms with E-state index in [2.05, 4.69) is 0 Å². The summed E-state index contributed by atoms with van der Waals surface area (Å²) in [5, 5.41) is 0. The molecule has 0 fully saturated rings. The Kier molecular flexibility index (Phi) is 7.09. The molecule has 0 aromatic heterocycles. The summed E-state index contributed by atoms with van der Waals surface area (Å²) in [4.78, 5) is 47.5. The highest BCUT2D eigenvalue weighted by Gasteiger charge is 2.22. The second kappa shape index (κ2) is 9.53. The van der Waals surface area contributed by atoms with Crippen LogP contribution in [0.3, 0.4) is 0 Å². The quantitative estimate of drug-likeness (QED) is 0.300. The molecule has 2 rings (SSSR count). The molecule has 2 aliphatic heterocycles. The minimum Gasteiger partial charge on any atom is -0.501 e. The third-order valence-corrected chi connectivity index (χ3v) is 3.52. The summed E-state index contributed by atoms with van der Waals surface area (Å²) < 4.78 is 10.6. The summed E-state index contributed by atoms with van der Waals surface area (Å²) in [6, 6.07) is 0. The van der Waals surface area contributed by atoms with Crippen molar-refractivity contribution in [3.8, 4) is 0 Å². The Labute approximate surface area is 145 Å². The van der Waals surface area contributed by atoms with Crippen LogP contribution in [0, 0.1) is 0 Å². The molecule has 0 saturated carbocycles. The van der Waals surface area contributed by atoms with E-state index in [-0.39, 0.29) is 23.6 Å². The van der Waals surface area contributed by atoms with Gasteiger partial charge in [-0.05, 0) is 18.9 Å². The standard InChI is InChI=1S/C17H20N2O6/c20-14-4-5-15(21)18(14)8-1-10-24-12-3-13-25-11-2-9-19-16(22)6-7-17(19)23/h3-7,12H,1-2,8-11,13H2. The minimum absolute atomic E-state index is 0.286. The number of hydrogen-bond donors (Lipinski definition) is 0. The van der Waals surface area contributed by atoms with Crippen molar-refractivity contribution in [2.24, 2.45) is 0 Å². The van der Waals surface area contributed by atoms with E-state index in [9.17, 15) is 19.2 Å². The number of amides is 4. The number of hydrogen-bond acceptors (Lipinski definition) is 6. The molecule has 0 spiro atoms. The molecule has 0 radical (unpaired) electrons. The van der Waals surface area contributed by atoms with E-state index in [0.717, 1.165) is 0 Å².